The molecule has 0 radical (unpaired) electrons. The molecule has 0 saturated carbocycles. The maximum atomic E-state index is 12.2. The fraction of sp³-hybridized carbons (Fsp3) is 1.00. The standard InChI is InChI=1S/C5H9F2N.C4H10O/c1-8-3-2-5(6,7)4-8;1-4(2)5-3/h2-4H2,1H3;4H,1-3H3. The molecule has 0 bridgehead atoms. The monoisotopic (exact) mass is 195 g/mol. The van der Waals surface area contributed by atoms with E-state index in [0.29, 0.717) is 12.6 Å². The highest BCUT2D eigenvalue weighted by Gasteiger charge is 2.35. The highest BCUT2D eigenvalue weighted by atomic mass is 19.3. The lowest BCUT2D eigenvalue weighted by molar-refractivity contribution is 0.0146. The van der Waals surface area contributed by atoms with Gasteiger partial charge < -0.3 is 9.64 Å². The van der Waals surface area contributed by atoms with Gasteiger partial charge in [-0.1, -0.05) is 0 Å². The number of nitrogens with zero attached hydrogens (tertiary/aromatic N) is 1. The molecule has 1 saturated heterocycles. The Kier molecular flexibility index (Phi) is 5.40. The highest BCUT2D eigenvalue weighted by Crippen LogP contribution is 2.24. The Bertz CT molecular complexity index is 140. The van der Waals surface area contributed by atoms with E-state index >= 15 is 0 Å². The highest BCUT2D eigenvalue weighted by molar-refractivity contribution is 4.78. The van der Waals surface area contributed by atoms with Crippen molar-refractivity contribution >= 4 is 0 Å². The second kappa shape index (κ2) is 5.50. The average Bonchev–Trinajstić information content (AvgIpc) is 2.30. The summed E-state index contributed by atoms with van der Waals surface area (Å²) in [6.45, 7) is 4.47. The molecule has 1 fully saturated rings. The summed E-state index contributed by atoms with van der Waals surface area (Å²) < 4.78 is 29.1. The van der Waals surface area contributed by atoms with Crippen LogP contribution < -0.4 is 0 Å². The van der Waals surface area contributed by atoms with E-state index in [-0.39, 0.29) is 13.0 Å². The van der Waals surface area contributed by atoms with Crippen molar-refractivity contribution in [2.75, 3.05) is 27.2 Å². The topological polar surface area (TPSA) is 12.5 Å². The first-order chi connectivity index (χ1) is 5.87. The Morgan fingerprint density at radius 1 is 1.38 bits per heavy atom. The van der Waals surface area contributed by atoms with E-state index in [0.717, 1.165) is 0 Å². The quantitative estimate of drug-likeness (QED) is 0.634. The van der Waals surface area contributed by atoms with Gasteiger partial charge in [-0.25, -0.2) is 8.78 Å². The summed E-state index contributed by atoms with van der Waals surface area (Å²) in [7, 11) is 3.41. The van der Waals surface area contributed by atoms with Crippen LogP contribution in [0.2, 0.25) is 0 Å². The van der Waals surface area contributed by atoms with Crippen LogP contribution in [-0.4, -0.2) is 44.2 Å². The van der Waals surface area contributed by atoms with Gasteiger partial charge >= 0.3 is 0 Å². The second-order valence-electron chi connectivity index (χ2n) is 3.63. The van der Waals surface area contributed by atoms with Gasteiger partial charge in [-0.2, -0.15) is 0 Å². The Morgan fingerprint density at radius 3 is 1.92 bits per heavy atom. The second-order valence-corrected chi connectivity index (χ2v) is 3.63. The molecule has 1 heterocycles. The van der Waals surface area contributed by atoms with E-state index in [1.54, 1.807) is 19.1 Å². The first-order valence-corrected chi connectivity index (χ1v) is 4.46. The minimum atomic E-state index is -2.41. The van der Waals surface area contributed by atoms with Gasteiger partial charge in [0.2, 0.25) is 0 Å². The summed E-state index contributed by atoms with van der Waals surface area (Å²) in [4.78, 5) is 1.64. The van der Waals surface area contributed by atoms with Gasteiger partial charge in [0, 0.05) is 20.1 Å². The average molecular weight is 195 g/mol. The van der Waals surface area contributed by atoms with E-state index in [2.05, 4.69) is 0 Å². The van der Waals surface area contributed by atoms with Crippen LogP contribution in [0.25, 0.3) is 0 Å². The molecular formula is C9H19F2NO. The smallest absolute Gasteiger partial charge is 0.261 e. The summed E-state index contributed by atoms with van der Waals surface area (Å²) in [5.74, 6) is -2.41. The van der Waals surface area contributed by atoms with Crippen LogP contribution in [0.3, 0.4) is 0 Å². The maximum absolute atomic E-state index is 12.2. The molecule has 0 unspecified atom stereocenters. The minimum absolute atomic E-state index is 0.0312. The van der Waals surface area contributed by atoms with Gasteiger partial charge in [0.1, 0.15) is 0 Å². The number of ether oxygens (including phenoxy) is 1. The van der Waals surface area contributed by atoms with E-state index in [4.69, 9.17) is 4.74 Å². The fourth-order valence-electron chi connectivity index (χ4n) is 0.907. The number of halogens is 2. The van der Waals surface area contributed by atoms with Crippen molar-refractivity contribution in [2.45, 2.75) is 32.3 Å². The molecule has 13 heavy (non-hydrogen) atoms. The van der Waals surface area contributed by atoms with Crippen LogP contribution in [0.5, 0.6) is 0 Å². The normalized spacial score (nSPS) is 21.5. The largest absolute Gasteiger partial charge is 0.382 e. The van der Waals surface area contributed by atoms with E-state index in [1.807, 2.05) is 13.8 Å². The molecule has 0 aliphatic carbocycles. The number of hydrogen-bond donors (Lipinski definition) is 0. The van der Waals surface area contributed by atoms with Crippen LogP contribution >= 0.6 is 0 Å². The van der Waals surface area contributed by atoms with Crippen molar-refractivity contribution in [3.05, 3.63) is 0 Å². The van der Waals surface area contributed by atoms with E-state index in [1.165, 1.54) is 0 Å². The van der Waals surface area contributed by atoms with Gasteiger partial charge in [0.25, 0.3) is 5.92 Å². The molecule has 0 atom stereocenters. The molecule has 0 aromatic heterocycles. The Labute approximate surface area is 78.9 Å². The summed E-state index contributed by atoms with van der Waals surface area (Å²) in [5, 5.41) is 0. The lowest BCUT2D eigenvalue weighted by Crippen LogP contribution is -2.21. The van der Waals surface area contributed by atoms with Crippen molar-refractivity contribution in [2.24, 2.45) is 0 Å². The summed E-state index contributed by atoms with van der Waals surface area (Å²) >= 11 is 0. The summed E-state index contributed by atoms with van der Waals surface area (Å²) in [5.41, 5.74) is 0. The lowest BCUT2D eigenvalue weighted by atomic mass is 10.3. The van der Waals surface area contributed by atoms with Crippen LogP contribution in [0.4, 0.5) is 8.78 Å². The molecule has 0 aromatic rings. The predicted octanol–water partition coefficient (Wildman–Crippen LogP) is 2.00. The minimum Gasteiger partial charge on any atom is -0.382 e. The fourth-order valence-corrected chi connectivity index (χ4v) is 0.907. The molecule has 0 spiro atoms. The number of hydrogen-bond acceptors (Lipinski definition) is 2. The number of rotatable bonds is 1. The van der Waals surface area contributed by atoms with Gasteiger partial charge in [-0.3, -0.25) is 0 Å². The molecule has 1 aliphatic heterocycles. The van der Waals surface area contributed by atoms with Crippen molar-refractivity contribution < 1.29 is 13.5 Å². The third kappa shape index (κ3) is 6.90. The van der Waals surface area contributed by atoms with E-state index < -0.39 is 5.92 Å². The van der Waals surface area contributed by atoms with Crippen LogP contribution in [0.15, 0.2) is 0 Å². The van der Waals surface area contributed by atoms with Gasteiger partial charge in [-0.05, 0) is 20.9 Å². The zero-order valence-corrected chi connectivity index (χ0v) is 8.81. The van der Waals surface area contributed by atoms with Crippen molar-refractivity contribution in [3.8, 4) is 0 Å². The van der Waals surface area contributed by atoms with Gasteiger partial charge in [0.15, 0.2) is 0 Å². The van der Waals surface area contributed by atoms with E-state index in [9.17, 15) is 8.78 Å². The lowest BCUT2D eigenvalue weighted by Gasteiger charge is -2.06. The van der Waals surface area contributed by atoms with Crippen LogP contribution in [-0.2, 0) is 4.74 Å². The predicted molar refractivity (Wildman–Crippen MR) is 49.2 cm³/mol. The number of likely N-dealkylation sites (tertiary alicyclic amines) is 1. The Morgan fingerprint density at radius 2 is 1.85 bits per heavy atom. The third-order valence-corrected chi connectivity index (χ3v) is 1.83. The molecule has 1 aliphatic rings. The number of alkyl halides is 2. The maximum Gasteiger partial charge on any atom is 0.261 e. The molecular weight excluding hydrogens is 176 g/mol. The third-order valence-electron chi connectivity index (χ3n) is 1.83. The summed E-state index contributed by atoms with van der Waals surface area (Å²) in [6.07, 6.45) is 0.416. The molecule has 0 amide bonds. The zero-order chi connectivity index (χ0) is 10.5. The SMILES string of the molecule is CN1CCC(F)(F)C1.COC(C)C. The zero-order valence-electron chi connectivity index (χ0n) is 8.81. The molecule has 80 valence electrons. The first-order valence-electron chi connectivity index (χ1n) is 4.46. The molecule has 1 rings (SSSR count). The number of methoxy groups -OCH3 is 1. The molecule has 4 heteroatoms. The first kappa shape index (κ1) is 12.8. The molecule has 2 nitrogen and oxygen atoms in total. The van der Waals surface area contributed by atoms with Crippen molar-refractivity contribution in [1.82, 2.24) is 4.90 Å². The van der Waals surface area contributed by atoms with Crippen molar-refractivity contribution in [3.63, 3.8) is 0 Å². The Hall–Kier alpha value is -0.220. The van der Waals surface area contributed by atoms with Crippen LogP contribution in [0, 0.1) is 0 Å². The molecule has 0 aromatic carbocycles. The Balaban J connectivity index is 0.000000252. The van der Waals surface area contributed by atoms with Gasteiger partial charge in [0.05, 0.1) is 12.6 Å². The van der Waals surface area contributed by atoms with Crippen molar-refractivity contribution in [1.29, 1.82) is 0 Å². The molecule has 0 N–H and O–H groups in total. The van der Waals surface area contributed by atoms with Crippen LogP contribution in [0.1, 0.15) is 20.3 Å². The van der Waals surface area contributed by atoms with Gasteiger partial charge in [-0.15, -0.1) is 0 Å². The summed E-state index contributed by atoms with van der Waals surface area (Å²) in [6, 6.07) is 0.